The van der Waals surface area contributed by atoms with Crippen LogP contribution in [0.4, 0.5) is 37.7 Å². The molecule has 0 saturated carbocycles. The largest absolute Gasteiger partial charge is 0.512 e. The van der Waals surface area contributed by atoms with Crippen LogP contribution in [0.25, 0.3) is 33.3 Å². The molecule has 8 aromatic carbocycles. The number of para-hydroxylation sites is 7. The number of hydrogen-bond donors (Lipinski definition) is 13. The Bertz CT molecular complexity index is 6330. The molecule has 0 amide bonds. The van der Waals surface area contributed by atoms with Crippen LogP contribution in [0.3, 0.4) is 0 Å². The van der Waals surface area contributed by atoms with Crippen molar-refractivity contribution in [2.45, 2.75) is 107 Å². The monoisotopic (exact) mass is 2150 g/mol. The van der Waals surface area contributed by atoms with Crippen LogP contribution < -0.4 is 10.6 Å². The van der Waals surface area contributed by atoms with Gasteiger partial charge in [-0.05, 0) is 157 Å². The quantitative estimate of drug-likeness (QED) is 0.0140. The number of halogens is 6. The van der Waals surface area contributed by atoms with Gasteiger partial charge in [-0.1, -0.05) is 211 Å². The van der Waals surface area contributed by atoms with Crippen LogP contribution in [0.5, 0.6) is 17.2 Å². The van der Waals surface area contributed by atoms with Crippen LogP contribution in [0, 0.1) is 17.8 Å². The number of aliphatic hydroxyl groups excluding tert-OH is 4. The Kier molecular flexibility index (Phi) is 54.0. The molecule has 1 radical (unpaired) electrons. The number of hydrogen-bond acceptors (Lipinski definition) is 24. The number of aromatic nitrogens is 7. The number of benzene rings is 8. The van der Waals surface area contributed by atoms with E-state index < -0.39 is 59.3 Å². The molecule has 0 bridgehead atoms. The molecular formula is C106H113F6IrN11O19. The fourth-order valence-electron chi connectivity index (χ4n) is 10.6. The van der Waals surface area contributed by atoms with E-state index in [0.29, 0.717) is 27.8 Å². The van der Waals surface area contributed by atoms with Crippen LogP contribution in [0.2, 0.25) is 0 Å². The third kappa shape index (κ3) is 50.0. The second kappa shape index (κ2) is 63.0. The molecule has 1 aliphatic heterocycles. The number of aromatic carboxylic acids is 3. The summed E-state index contributed by atoms with van der Waals surface area (Å²) in [5.74, 6) is -8.45. The maximum Gasteiger partial charge on any atom is 0.454 e. The van der Waals surface area contributed by atoms with Crippen molar-refractivity contribution in [2.24, 2.45) is 27.9 Å². The van der Waals surface area contributed by atoms with Gasteiger partial charge in [-0.25, -0.2) is 29.0 Å². The maximum absolute atomic E-state index is 11.8. The average molecular weight is 2150 g/mol. The number of carboxylic acid groups (broad SMARTS) is 4. The molecule has 0 spiro atoms. The van der Waals surface area contributed by atoms with Gasteiger partial charge in [0.2, 0.25) is 5.76 Å². The predicted molar refractivity (Wildman–Crippen MR) is 534 cm³/mol. The summed E-state index contributed by atoms with van der Waals surface area (Å²) in [7, 11) is 3.38. The standard InChI is InChI=1S/C17H18N2.C15H12O2.C11H20O2.C10H7NO2.C9H8N2O.C9H7NO.C8H9NO.C6H8N2O2.C6H5NO2.C5H2F6O2.C5H9NO2.C5H8O2.Ir/c1-14(18-16-9-5-3-6-10-16)13-15(2)19-17-11-7-4-8-12-17;16-14(12-7-3-1-4-8-12)11-15(17)13-9-5-2-6-10-13;1-10(2,3)8(12)7-9(13)11(4,5)6;12-10(13)9-6-5-7-3-1-2-4-8(7)11-9;12-9-5-2-1-4-8(9)11-7-3-6-10-11;11-8-5-1-3-7-4-2-6-10-9(7)8;1-9-6-7-4-2-3-5-8(7)10;1-4-3-5(6(9)10)7-8(4)2;8-6(9)5-3-1-2-4-7-5;6-4(7,8)2(12)1-3(13)5(9,10)11;7-5(8)4-2-1-3-6-4;1-4(6)3-5(2)7;/h3-13,18H,1-2H3;1-11,16H;7,12H,1-6H3;1-6H,(H,12,13);1-7,12H;1-6,11H;2-6,10H,1H3;3H,1-2H3,(H,9,10);1-4H,(H,8,9);1,12H;4,6H,1-3H2,(H,7,8);3,6H,1-2H3;/b14-13-,19-15?;14-11-;8-7-;;;;;;;2-1-;;;/t;;;;;;;;;;4-;;/m..........0../s1. The number of aliphatic imine (C=N–C) groups is 2. The number of carbonyl (C=O) groups excluding carboxylic acids is 4. The molecule has 13 aromatic rings. The number of nitrogens with one attached hydrogen (secondary N) is 2. The maximum atomic E-state index is 11.8. The Labute approximate surface area is 835 Å². The van der Waals surface area contributed by atoms with Gasteiger partial charge in [0.05, 0.1) is 17.0 Å². The first-order valence-electron chi connectivity index (χ1n) is 42.9. The van der Waals surface area contributed by atoms with Crippen LogP contribution >= 0.6 is 0 Å². The number of pyridine rings is 3. The van der Waals surface area contributed by atoms with Gasteiger partial charge in [0.1, 0.15) is 57.4 Å². The Balaban J connectivity index is 0.000000532. The van der Waals surface area contributed by atoms with E-state index in [0.717, 1.165) is 64.2 Å². The van der Waals surface area contributed by atoms with Crippen molar-refractivity contribution in [1.29, 1.82) is 0 Å². The summed E-state index contributed by atoms with van der Waals surface area (Å²) in [6, 6.07) is 79.7. The SMILES string of the molecule is CC(/C=C(/C)Nc1ccccc1)=Nc1ccccc1.CC(=O)C=C(C)O.CC(C)(C)C(=O)/C=C(\O)C(C)(C)C.CN=Cc1ccccc1O.Cc1cc(C(=O)O)nn1C.O=C(/C=C(\O)C(F)(F)F)C(F)(F)F.O=C(/C=C(\O)c1ccccc1)c1ccccc1.O=C(O)[C@@H]1CCCN1.O=C(O)c1ccc2ccccc2n1.O=C(O)c1ccccn1.Oc1cccc2cccnc12.Oc1ccccc1-n1cccn1.[Ir]. The summed E-state index contributed by atoms with van der Waals surface area (Å²) < 4.78 is 71.2. The van der Waals surface area contributed by atoms with Crippen LogP contribution in [-0.2, 0) is 46.3 Å². The molecule has 1 atom stereocenters. The van der Waals surface area contributed by atoms with E-state index in [1.807, 2.05) is 213 Å². The number of anilines is 1. The first-order chi connectivity index (χ1) is 66.8. The topological polar surface area (TPSA) is 482 Å². The van der Waals surface area contributed by atoms with Gasteiger partial charge in [0.25, 0.3) is 5.78 Å². The van der Waals surface area contributed by atoms with Crippen LogP contribution in [-0.4, -0.2) is 182 Å². The van der Waals surface area contributed by atoms with E-state index in [1.54, 1.807) is 148 Å². The van der Waals surface area contributed by atoms with Crippen molar-refractivity contribution in [3.05, 3.63) is 385 Å². The Morgan fingerprint density at radius 3 is 1.46 bits per heavy atom. The van der Waals surface area contributed by atoms with Gasteiger partial charge < -0.3 is 66.8 Å². The molecule has 0 aliphatic carbocycles. The second-order valence-electron chi connectivity index (χ2n) is 31.8. The molecule has 1 aliphatic rings. The molecule has 143 heavy (non-hydrogen) atoms. The van der Waals surface area contributed by atoms with Crippen molar-refractivity contribution in [3.8, 4) is 22.9 Å². The average Bonchev–Trinajstić information content (AvgIpc) is 1.58. The summed E-state index contributed by atoms with van der Waals surface area (Å²) in [6.45, 7) is 20.7. The van der Waals surface area contributed by atoms with E-state index in [2.05, 4.69) is 45.8 Å². The number of fused-ring (bicyclic) bond motifs is 2. The molecule has 6 heterocycles. The summed E-state index contributed by atoms with van der Waals surface area (Å²) in [5.41, 5.74) is 8.48. The number of carbonyl (C=O) groups is 8. The fraction of sp³-hybridized carbons (Fsp3) is 0.198. The zero-order valence-electron chi connectivity index (χ0n) is 80.2. The van der Waals surface area contributed by atoms with Gasteiger partial charge in [-0.15, -0.1) is 0 Å². The second-order valence-corrected chi connectivity index (χ2v) is 31.8. The zero-order chi connectivity index (χ0) is 106. The molecule has 1 saturated heterocycles. The Hall–Kier alpha value is -16.7. The van der Waals surface area contributed by atoms with Gasteiger partial charge in [-0.2, -0.15) is 36.5 Å². The Morgan fingerprint density at radius 1 is 0.490 bits per heavy atom. The van der Waals surface area contributed by atoms with Crippen molar-refractivity contribution in [2.75, 3.05) is 18.9 Å². The normalized spacial score (nSPS) is 12.3. The van der Waals surface area contributed by atoms with E-state index in [4.69, 9.17) is 35.7 Å². The number of aromatic hydroxyl groups is 3. The number of allylic oxidation sites excluding steroid dienone is 9. The summed E-state index contributed by atoms with van der Waals surface area (Å²) in [6.07, 6.45) is 4.08. The van der Waals surface area contributed by atoms with Gasteiger partial charge >= 0.3 is 36.2 Å². The number of rotatable bonds is 16. The molecule has 5 aromatic heterocycles. The van der Waals surface area contributed by atoms with Crippen LogP contribution in [0.15, 0.2) is 355 Å². The number of nitrogens with zero attached hydrogens (tertiary/aromatic N) is 9. The number of phenolic OH excluding ortho intramolecular Hbond substituents is 3. The molecule has 1 fully saturated rings. The van der Waals surface area contributed by atoms with E-state index in [9.17, 15) is 85.1 Å². The van der Waals surface area contributed by atoms with Crippen molar-refractivity contribution in [3.63, 3.8) is 0 Å². The molecule has 13 N–H and O–H groups in total. The smallest absolute Gasteiger partial charge is 0.454 e. The number of ketones is 4. The van der Waals surface area contributed by atoms with Gasteiger partial charge in [0.15, 0.2) is 23.0 Å². The molecule has 30 nitrogen and oxygen atoms in total. The molecule has 757 valence electrons. The van der Waals surface area contributed by atoms with E-state index in [1.165, 1.54) is 61.2 Å². The minimum atomic E-state index is -5.42. The van der Waals surface area contributed by atoms with Crippen molar-refractivity contribution < 1.29 is 141 Å². The minimum Gasteiger partial charge on any atom is -0.512 e. The van der Waals surface area contributed by atoms with E-state index in [-0.39, 0.29) is 101 Å². The molecular weight excluding hydrogens is 2040 g/mol. The zero-order valence-corrected chi connectivity index (χ0v) is 82.6. The molecule has 0 unspecified atom stereocenters. The van der Waals surface area contributed by atoms with Gasteiger partial charge in [-0.3, -0.25) is 43.6 Å². The van der Waals surface area contributed by atoms with Crippen LogP contribution in [0.1, 0.15) is 141 Å². The summed E-state index contributed by atoms with van der Waals surface area (Å²) >= 11 is 0. The number of aliphatic carboxylic acids is 1. The third-order valence-electron chi connectivity index (χ3n) is 17.9. The van der Waals surface area contributed by atoms with Gasteiger partial charge in [0, 0.05) is 151 Å². The van der Waals surface area contributed by atoms with Crippen molar-refractivity contribution >= 4 is 97.9 Å². The number of aliphatic hydroxyl groups is 4. The molecule has 37 heteroatoms. The Morgan fingerprint density at radius 2 is 1.01 bits per heavy atom. The number of phenols is 3. The third-order valence-corrected chi connectivity index (χ3v) is 17.9. The number of alkyl halides is 6. The first kappa shape index (κ1) is 122. The number of carboxylic acids is 4. The summed E-state index contributed by atoms with van der Waals surface area (Å²) in [4.78, 5) is 104. The van der Waals surface area contributed by atoms with E-state index >= 15 is 0 Å². The summed E-state index contributed by atoms with van der Waals surface area (Å²) in [5, 5.41) is 113. The number of aryl methyl sites for hydroxylation is 2. The predicted octanol–water partition coefficient (Wildman–Crippen LogP) is 22.4. The minimum absolute atomic E-state index is 0. The fourth-order valence-corrected chi connectivity index (χ4v) is 10.6. The van der Waals surface area contributed by atoms with Crippen molar-refractivity contribution in [1.82, 2.24) is 39.8 Å². The first-order valence-corrected chi connectivity index (χ1v) is 42.9. The molecule has 14 rings (SSSR count).